The van der Waals surface area contributed by atoms with Crippen LogP contribution in [-0.4, -0.2) is 20.6 Å². The first-order chi connectivity index (χ1) is 8.49. The van der Waals surface area contributed by atoms with E-state index in [9.17, 15) is 26.4 Å². The zero-order chi connectivity index (χ0) is 14.8. The number of nitrogens with one attached hydrogen (secondary N) is 2. The minimum atomic E-state index is -4.59. The Bertz CT molecular complexity index is 597. The van der Waals surface area contributed by atoms with Crippen molar-refractivity contribution in [3.05, 3.63) is 23.8 Å². The Labute approximate surface area is 107 Å². The second kappa shape index (κ2) is 5.08. The van der Waals surface area contributed by atoms with Gasteiger partial charge in [-0.05, 0) is 18.2 Å². The van der Waals surface area contributed by atoms with Crippen molar-refractivity contribution < 1.29 is 26.4 Å². The van der Waals surface area contributed by atoms with E-state index in [1.165, 1.54) is 0 Å². The number of halogens is 3. The lowest BCUT2D eigenvalue weighted by Crippen LogP contribution is -2.15. The number of carbonyl (C=O) groups is 1. The van der Waals surface area contributed by atoms with Gasteiger partial charge in [-0.15, -0.1) is 0 Å². The number of rotatable bonds is 3. The van der Waals surface area contributed by atoms with Gasteiger partial charge in [0.15, 0.2) is 0 Å². The van der Waals surface area contributed by atoms with E-state index in [4.69, 9.17) is 0 Å². The molecule has 0 saturated heterocycles. The Morgan fingerprint density at radius 3 is 2.21 bits per heavy atom. The van der Waals surface area contributed by atoms with Crippen molar-refractivity contribution in [1.29, 1.82) is 0 Å². The predicted octanol–water partition coefficient (Wildman–Crippen LogP) is 2.04. The highest BCUT2D eigenvalue weighted by Crippen LogP contribution is 2.34. The lowest BCUT2D eigenvalue weighted by molar-refractivity contribution is -0.137. The summed E-state index contributed by atoms with van der Waals surface area (Å²) in [7, 11) is -3.67. The van der Waals surface area contributed by atoms with Gasteiger partial charge < -0.3 is 5.32 Å². The molecular formula is C10H11F3N2O3S. The first-order valence-electron chi connectivity index (χ1n) is 4.95. The first-order valence-corrected chi connectivity index (χ1v) is 6.85. The number of anilines is 2. The summed E-state index contributed by atoms with van der Waals surface area (Å²) >= 11 is 0. The van der Waals surface area contributed by atoms with Crippen LogP contribution >= 0.6 is 0 Å². The van der Waals surface area contributed by atoms with Gasteiger partial charge in [0, 0.05) is 6.92 Å². The van der Waals surface area contributed by atoms with Crippen molar-refractivity contribution in [3.8, 4) is 0 Å². The molecule has 0 aliphatic heterocycles. The van der Waals surface area contributed by atoms with Crippen LogP contribution in [0.2, 0.25) is 0 Å². The van der Waals surface area contributed by atoms with Gasteiger partial charge in [-0.1, -0.05) is 0 Å². The summed E-state index contributed by atoms with van der Waals surface area (Å²) in [5, 5.41) is 2.14. The minimum absolute atomic E-state index is 0.134. The zero-order valence-corrected chi connectivity index (χ0v) is 10.8. The van der Waals surface area contributed by atoms with Crippen LogP contribution in [0.15, 0.2) is 18.2 Å². The van der Waals surface area contributed by atoms with Crippen LogP contribution in [0, 0.1) is 0 Å². The summed E-state index contributed by atoms with van der Waals surface area (Å²) in [5.74, 6) is -0.615. The average molecular weight is 296 g/mol. The summed E-state index contributed by atoms with van der Waals surface area (Å²) in [6, 6.07) is 2.32. The van der Waals surface area contributed by atoms with E-state index in [1.54, 1.807) is 0 Å². The van der Waals surface area contributed by atoms with E-state index in [2.05, 4.69) is 5.32 Å². The molecule has 19 heavy (non-hydrogen) atoms. The molecule has 1 aromatic rings. The number of hydrogen-bond acceptors (Lipinski definition) is 3. The molecule has 0 aliphatic carbocycles. The highest BCUT2D eigenvalue weighted by molar-refractivity contribution is 7.92. The molecule has 0 spiro atoms. The van der Waals surface area contributed by atoms with E-state index in [0.717, 1.165) is 25.3 Å². The molecule has 106 valence electrons. The Morgan fingerprint density at radius 1 is 1.21 bits per heavy atom. The molecule has 0 aliphatic rings. The van der Waals surface area contributed by atoms with Crippen molar-refractivity contribution in [1.82, 2.24) is 0 Å². The van der Waals surface area contributed by atoms with Crippen molar-refractivity contribution in [3.63, 3.8) is 0 Å². The molecule has 1 aromatic carbocycles. The third-order valence-electron chi connectivity index (χ3n) is 1.95. The average Bonchev–Trinajstić information content (AvgIpc) is 2.15. The number of alkyl halides is 3. The minimum Gasteiger partial charge on any atom is -0.325 e. The Balaban J connectivity index is 3.28. The van der Waals surface area contributed by atoms with Crippen molar-refractivity contribution >= 4 is 27.3 Å². The molecule has 0 atom stereocenters. The Morgan fingerprint density at radius 2 is 1.79 bits per heavy atom. The van der Waals surface area contributed by atoms with E-state index in [0.29, 0.717) is 6.07 Å². The van der Waals surface area contributed by atoms with Gasteiger partial charge in [-0.3, -0.25) is 9.52 Å². The standard InChI is InChI=1S/C10H11F3N2O3S/c1-6(16)14-9-5-7(10(11,12)13)3-4-8(9)15-19(2,17)18/h3-5,15H,1-2H3,(H,14,16). The molecule has 0 heterocycles. The largest absolute Gasteiger partial charge is 0.416 e. The smallest absolute Gasteiger partial charge is 0.325 e. The van der Waals surface area contributed by atoms with Gasteiger partial charge in [0.25, 0.3) is 0 Å². The molecule has 9 heteroatoms. The molecular weight excluding hydrogens is 285 g/mol. The number of amides is 1. The van der Waals surface area contributed by atoms with Gasteiger partial charge in [0.2, 0.25) is 15.9 Å². The van der Waals surface area contributed by atoms with Crippen LogP contribution < -0.4 is 10.0 Å². The lowest BCUT2D eigenvalue weighted by Gasteiger charge is -2.14. The van der Waals surface area contributed by atoms with Crippen molar-refractivity contribution in [2.45, 2.75) is 13.1 Å². The van der Waals surface area contributed by atoms with Crippen LogP contribution in [0.25, 0.3) is 0 Å². The van der Waals surface area contributed by atoms with Crippen LogP contribution in [0.3, 0.4) is 0 Å². The van der Waals surface area contributed by atoms with E-state index in [1.807, 2.05) is 4.72 Å². The monoisotopic (exact) mass is 296 g/mol. The molecule has 0 radical (unpaired) electrons. The Hall–Kier alpha value is -1.77. The Kier molecular flexibility index (Phi) is 4.09. The third-order valence-corrected chi connectivity index (χ3v) is 2.54. The first kappa shape index (κ1) is 15.3. The highest BCUT2D eigenvalue weighted by atomic mass is 32.2. The normalized spacial score (nSPS) is 12.1. The number of carbonyl (C=O) groups excluding carboxylic acids is 1. The number of hydrogen-bond donors (Lipinski definition) is 2. The van der Waals surface area contributed by atoms with Crippen molar-refractivity contribution in [2.24, 2.45) is 0 Å². The van der Waals surface area contributed by atoms with Gasteiger partial charge >= 0.3 is 6.18 Å². The second-order valence-corrected chi connectivity index (χ2v) is 5.56. The molecule has 0 fully saturated rings. The number of benzene rings is 1. The third kappa shape index (κ3) is 4.78. The maximum Gasteiger partial charge on any atom is 0.416 e. The van der Waals surface area contributed by atoms with Gasteiger partial charge in [-0.25, -0.2) is 8.42 Å². The maximum absolute atomic E-state index is 12.5. The van der Waals surface area contributed by atoms with Crippen LogP contribution in [0.4, 0.5) is 24.5 Å². The molecule has 1 amide bonds. The molecule has 5 nitrogen and oxygen atoms in total. The van der Waals surface area contributed by atoms with Gasteiger partial charge in [-0.2, -0.15) is 13.2 Å². The molecule has 0 saturated carbocycles. The second-order valence-electron chi connectivity index (χ2n) is 3.81. The van der Waals surface area contributed by atoms with Crippen LogP contribution in [0.5, 0.6) is 0 Å². The summed E-state index contributed by atoms with van der Waals surface area (Å²) in [5.41, 5.74) is -1.38. The van der Waals surface area contributed by atoms with E-state index >= 15 is 0 Å². The fraction of sp³-hybridized carbons (Fsp3) is 0.300. The van der Waals surface area contributed by atoms with E-state index in [-0.39, 0.29) is 11.4 Å². The topological polar surface area (TPSA) is 75.3 Å². The zero-order valence-electron chi connectivity index (χ0n) is 10.00. The van der Waals surface area contributed by atoms with Gasteiger partial charge in [0.05, 0.1) is 23.2 Å². The molecule has 0 aromatic heterocycles. The molecule has 2 N–H and O–H groups in total. The maximum atomic E-state index is 12.5. The van der Waals surface area contributed by atoms with E-state index < -0.39 is 27.7 Å². The van der Waals surface area contributed by atoms with Crippen molar-refractivity contribution in [2.75, 3.05) is 16.3 Å². The lowest BCUT2D eigenvalue weighted by atomic mass is 10.1. The fourth-order valence-electron chi connectivity index (χ4n) is 1.30. The van der Waals surface area contributed by atoms with Gasteiger partial charge in [0.1, 0.15) is 0 Å². The van der Waals surface area contributed by atoms with Crippen LogP contribution in [0.1, 0.15) is 12.5 Å². The number of sulfonamides is 1. The van der Waals surface area contributed by atoms with Crippen LogP contribution in [-0.2, 0) is 21.0 Å². The summed E-state index contributed by atoms with van der Waals surface area (Å²) in [4.78, 5) is 10.9. The summed E-state index contributed by atoms with van der Waals surface area (Å²) in [6.45, 7) is 1.10. The fourth-order valence-corrected chi connectivity index (χ4v) is 1.88. The summed E-state index contributed by atoms with van der Waals surface area (Å²) in [6.07, 6.45) is -3.74. The SMILES string of the molecule is CC(=O)Nc1cc(C(F)(F)F)ccc1NS(C)(=O)=O. The predicted molar refractivity (Wildman–Crippen MR) is 64.2 cm³/mol. The quantitative estimate of drug-likeness (QED) is 0.896. The highest BCUT2D eigenvalue weighted by Gasteiger charge is 2.31. The molecule has 0 unspecified atom stereocenters. The molecule has 0 bridgehead atoms. The summed E-state index contributed by atoms with van der Waals surface area (Å²) < 4.78 is 61.7. The molecule has 1 rings (SSSR count).